The fourth-order valence-electron chi connectivity index (χ4n) is 2.50. The standard InChI is InChI=1S/C15H32O5Si/c1-15(2,3)21(4,5)20-14-10(9-16)7-6-8-11(17)12(18)13(14)19/h10-14,16-19H,6-9H2,1-5H3/t10-,11-,12-,13-,14+/m1/s1. The van der Waals surface area contributed by atoms with Crippen LogP contribution in [0, 0.1) is 5.92 Å². The summed E-state index contributed by atoms with van der Waals surface area (Å²) >= 11 is 0. The van der Waals surface area contributed by atoms with Gasteiger partial charge in [-0.3, -0.25) is 0 Å². The van der Waals surface area contributed by atoms with Crippen molar-refractivity contribution in [3.8, 4) is 0 Å². The Balaban J connectivity index is 3.00. The molecule has 0 aliphatic heterocycles. The molecule has 6 heteroatoms. The number of hydrogen-bond acceptors (Lipinski definition) is 5. The Morgan fingerprint density at radius 2 is 1.62 bits per heavy atom. The van der Waals surface area contributed by atoms with E-state index in [2.05, 4.69) is 33.9 Å². The van der Waals surface area contributed by atoms with Crippen molar-refractivity contribution in [2.75, 3.05) is 6.61 Å². The molecule has 5 nitrogen and oxygen atoms in total. The van der Waals surface area contributed by atoms with Gasteiger partial charge in [-0.2, -0.15) is 0 Å². The maximum absolute atomic E-state index is 10.4. The molecule has 1 fully saturated rings. The smallest absolute Gasteiger partial charge is 0.192 e. The van der Waals surface area contributed by atoms with Gasteiger partial charge < -0.3 is 24.9 Å². The van der Waals surface area contributed by atoms with E-state index in [0.29, 0.717) is 19.3 Å². The molecule has 21 heavy (non-hydrogen) atoms. The van der Waals surface area contributed by atoms with Gasteiger partial charge >= 0.3 is 0 Å². The lowest BCUT2D eigenvalue weighted by Gasteiger charge is -2.44. The minimum Gasteiger partial charge on any atom is -0.411 e. The van der Waals surface area contributed by atoms with Gasteiger partial charge in [0, 0.05) is 12.5 Å². The topological polar surface area (TPSA) is 90.2 Å². The van der Waals surface area contributed by atoms with Crippen LogP contribution in [0.4, 0.5) is 0 Å². The minimum atomic E-state index is -2.15. The molecule has 0 aromatic carbocycles. The summed E-state index contributed by atoms with van der Waals surface area (Å²) in [6, 6.07) is 0. The molecule has 1 aliphatic carbocycles. The van der Waals surface area contributed by atoms with Gasteiger partial charge in [-0.05, 0) is 31.0 Å². The molecule has 0 saturated heterocycles. The summed E-state index contributed by atoms with van der Waals surface area (Å²) < 4.78 is 6.27. The summed E-state index contributed by atoms with van der Waals surface area (Å²) in [5.41, 5.74) is 0. The molecule has 0 radical (unpaired) electrons. The highest BCUT2D eigenvalue weighted by Crippen LogP contribution is 2.39. The molecule has 0 aromatic rings. The monoisotopic (exact) mass is 320 g/mol. The van der Waals surface area contributed by atoms with Crippen LogP contribution in [0.3, 0.4) is 0 Å². The van der Waals surface area contributed by atoms with Gasteiger partial charge in [0.1, 0.15) is 12.2 Å². The largest absolute Gasteiger partial charge is 0.411 e. The molecule has 0 aromatic heterocycles. The van der Waals surface area contributed by atoms with Crippen molar-refractivity contribution in [1.29, 1.82) is 0 Å². The fourth-order valence-corrected chi connectivity index (χ4v) is 3.87. The van der Waals surface area contributed by atoms with Gasteiger partial charge in [0.2, 0.25) is 0 Å². The normalized spacial score (nSPS) is 36.1. The quantitative estimate of drug-likeness (QED) is 0.588. The molecule has 0 heterocycles. The van der Waals surface area contributed by atoms with Crippen LogP contribution in [-0.2, 0) is 4.43 Å². The first-order valence-electron chi connectivity index (χ1n) is 7.84. The van der Waals surface area contributed by atoms with Crippen molar-refractivity contribution < 1.29 is 24.9 Å². The molecule has 0 spiro atoms. The fraction of sp³-hybridized carbons (Fsp3) is 1.00. The highest BCUT2D eigenvalue weighted by molar-refractivity contribution is 6.74. The number of aliphatic hydroxyl groups is 4. The van der Waals surface area contributed by atoms with E-state index in [1.807, 2.05) is 0 Å². The molecule has 0 unspecified atom stereocenters. The zero-order valence-corrected chi connectivity index (χ0v) is 14.9. The lowest BCUT2D eigenvalue weighted by atomic mass is 9.85. The minimum absolute atomic E-state index is 0.0291. The first kappa shape index (κ1) is 19.1. The van der Waals surface area contributed by atoms with Crippen LogP contribution >= 0.6 is 0 Å². The van der Waals surface area contributed by atoms with E-state index in [9.17, 15) is 20.4 Å². The summed E-state index contributed by atoms with van der Waals surface area (Å²) in [4.78, 5) is 0. The zero-order valence-electron chi connectivity index (χ0n) is 13.9. The third kappa shape index (κ3) is 4.50. The molecule has 0 amide bonds. The van der Waals surface area contributed by atoms with Crippen LogP contribution in [0.2, 0.25) is 18.1 Å². The first-order valence-corrected chi connectivity index (χ1v) is 10.7. The Kier molecular flexibility index (Phi) is 6.41. The Morgan fingerprint density at radius 1 is 1.05 bits per heavy atom. The van der Waals surface area contributed by atoms with Crippen LogP contribution in [0.1, 0.15) is 40.0 Å². The van der Waals surface area contributed by atoms with Crippen molar-refractivity contribution in [3.63, 3.8) is 0 Å². The van der Waals surface area contributed by atoms with Gasteiger partial charge in [-0.1, -0.05) is 27.2 Å². The second-order valence-electron chi connectivity index (χ2n) is 7.76. The number of rotatable bonds is 3. The second-order valence-corrected chi connectivity index (χ2v) is 12.5. The van der Waals surface area contributed by atoms with E-state index < -0.39 is 32.7 Å². The average Bonchev–Trinajstić information content (AvgIpc) is 2.37. The van der Waals surface area contributed by atoms with E-state index in [1.54, 1.807) is 0 Å². The van der Waals surface area contributed by atoms with E-state index in [0.717, 1.165) is 0 Å². The predicted molar refractivity (Wildman–Crippen MR) is 84.5 cm³/mol. The highest BCUT2D eigenvalue weighted by atomic mass is 28.4. The molecule has 4 N–H and O–H groups in total. The summed E-state index contributed by atoms with van der Waals surface area (Å²) in [6.07, 6.45) is -2.17. The van der Waals surface area contributed by atoms with Gasteiger partial charge in [0.15, 0.2) is 8.32 Å². The van der Waals surface area contributed by atoms with E-state index in [-0.39, 0.29) is 17.6 Å². The van der Waals surface area contributed by atoms with Gasteiger partial charge in [-0.25, -0.2) is 0 Å². The summed E-state index contributed by atoms with van der Waals surface area (Å²) in [5.74, 6) is -0.212. The molecule has 126 valence electrons. The van der Waals surface area contributed by atoms with Crippen molar-refractivity contribution in [1.82, 2.24) is 0 Å². The third-order valence-corrected chi connectivity index (χ3v) is 9.57. The lowest BCUT2D eigenvalue weighted by Crippen LogP contribution is -2.55. The van der Waals surface area contributed by atoms with Crippen LogP contribution in [-0.4, -0.2) is 59.8 Å². The van der Waals surface area contributed by atoms with E-state index in [4.69, 9.17) is 4.43 Å². The van der Waals surface area contributed by atoms with Crippen LogP contribution in [0.5, 0.6) is 0 Å². The lowest BCUT2D eigenvalue weighted by molar-refractivity contribution is -0.129. The second kappa shape index (κ2) is 7.06. The van der Waals surface area contributed by atoms with Crippen molar-refractivity contribution in [2.45, 2.75) is 82.6 Å². The van der Waals surface area contributed by atoms with E-state index >= 15 is 0 Å². The summed E-state index contributed by atoms with van der Waals surface area (Å²) in [7, 11) is -2.15. The maximum atomic E-state index is 10.4. The third-order valence-electron chi connectivity index (χ3n) is 5.09. The van der Waals surface area contributed by atoms with Gasteiger partial charge in [0.25, 0.3) is 0 Å². The van der Waals surface area contributed by atoms with Crippen molar-refractivity contribution in [2.24, 2.45) is 5.92 Å². The van der Waals surface area contributed by atoms with Gasteiger partial charge in [-0.15, -0.1) is 0 Å². The molecule has 1 aliphatic rings. The van der Waals surface area contributed by atoms with E-state index in [1.165, 1.54) is 0 Å². The SMILES string of the molecule is CC(C)(C)[Si](C)(C)O[C@H]1[C@@H](CO)CCC[C@@H](O)[C@@H](O)[C@H]1O. The average molecular weight is 321 g/mol. The number of hydrogen-bond donors (Lipinski definition) is 4. The van der Waals surface area contributed by atoms with Gasteiger partial charge in [0.05, 0.1) is 12.2 Å². The maximum Gasteiger partial charge on any atom is 0.192 e. The number of aliphatic hydroxyl groups excluding tert-OH is 4. The van der Waals surface area contributed by atoms with Crippen LogP contribution in [0.15, 0.2) is 0 Å². The Hall–Kier alpha value is 0.0169. The Labute approximate surface area is 129 Å². The Bertz CT molecular complexity index is 329. The van der Waals surface area contributed by atoms with Crippen LogP contribution < -0.4 is 0 Å². The first-order chi connectivity index (χ1) is 9.51. The molecule has 1 saturated carbocycles. The van der Waals surface area contributed by atoms with Crippen molar-refractivity contribution >= 4 is 8.32 Å². The molecule has 5 atom stereocenters. The zero-order chi connectivity index (χ0) is 16.4. The summed E-state index contributed by atoms with van der Waals surface area (Å²) in [6.45, 7) is 10.4. The van der Waals surface area contributed by atoms with Crippen LogP contribution in [0.25, 0.3) is 0 Å². The molecular weight excluding hydrogens is 288 g/mol. The predicted octanol–water partition coefficient (Wildman–Crippen LogP) is 1.25. The Morgan fingerprint density at radius 3 is 2.10 bits per heavy atom. The van der Waals surface area contributed by atoms with Crippen molar-refractivity contribution in [3.05, 3.63) is 0 Å². The highest BCUT2D eigenvalue weighted by Gasteiger charge is 2.45. The summed E-state index contributed by atoms with van der Waals surface area (Å²) in [5, 5.41) is 40.0. The molecule has 0 bridgehead atoms. The molecule has 1 rings (SSSR count). The molecular formula is C15H32O5Si.